The number of carbonyl (C=O) groups excluding carboxylic acids is 1. The van der Waals surface area contributed by atoms with E-state index in [-0.39, 0.29) is 11.8 Å². The number of thiazole rings is 2. The van der Waals surface area contributed by atoms with E-state index >= 15 is 0 Å². The van der Waals surface area contributed by atoms with Crippen LogP contribution in [0.4, 0.5) is 10.3 Å². The van der Waals surface area contributed by atoms with Gasteiger partial charge in [-0.25, -0.2) is 9.97 Å². The van der Waals surface area contributed by atoms with Crippen LogP contribution in [0.15, 0.2) is 36.4 Å². The van der Waals surface area contributed by atoms with E-state index in [1.54, 1.807) is 11.3 Å². The summed E-state index contributed by atoms with van der Waals surface area (Å²) in [6.07, 6.45) is 1.85. The van der Waals surface area contributed by atoms with Gasteiger partial charge in [-0.1, -0.05) is 40.3 Å². The minimum Gasteiger partial charge on any atom is -0.347 e. The summed E-state index contributed by atoms with van der Waals surface area (Å²) < 4.78 is 2.17. The van der Waals surface area contributed by atoms with Gasteiger partial charge in [0.15, 0.2) is 10.3 Å². The minimum atomic E-state index is -0.0758. The molecular formula is C21H19ClN4OS2. The van der Waals surface area contributed by atoms with Gasteiger partial charge in [0.1, 0.15) is 0 Å². The molecule has 5 rings (SSSR count). The van der Waals surface area contributed by atoms with E-state index in [2.05, 4.69) is 40.3 Å². The first kappa shape index (κ1) is 18.8. The van der Waals surface area contributed by atoms with Crippen molar-refractivity contribution in [1.82, 2.24) is 9.97 Å². The van der Waals surface area contributed by atoms with Crippen molar-refractivity contribution in [3.8, 4) is 0 Å². The summed E-state index contributed by atoms with van der Waals surface area (Å²) in [5.74, 6) is -0.0510. The summed E-state index contributed by atoms with van der Waals surface area (Å²) in [4.78, 5) is 24.4. The van der Waals surface area contributed by atoms with Crippen molar-refractivity contribution in [2.45, 2.75) is 19.8 Å². The van der Waals surface area contributed by atoms with Crippen LogP contribution < -0.4 is 10.2 Å². The van der Waals surface area contributed by atoms with Crippen LogP contribution in [0.2, 0.25) is 5.02 Å². The molecule has 2 aromatic carbocycles. The highest BCUT2D eigenvalue weighted by atomic mass is 35.5. The molecule has 4 aromatic rings. The van der Waals surface area contributed by atoms with E-state index in [4.69, 9.17) is 16.6 Å². The molecule has 148 valence electrons. The molecule has 2 aromatic heterocycles. The smallest absolute Gasteiger partial charge is 0.231 e. The monoisotopic (exact) mass is 442 g/mol. The minimum absolute atomic E-state index is 0.0248. The second-order valence-electron chi connectivity index (χ2n) is 7.37. The maximum atomic E-state index is 12.9. The second kappa shape index (κ2) is 7.55. The van der Waals surface area contributed by atoms with Gasteiger partial charge in [0.05, 0.1) is 26.4 Å². The van der Waals surface area contributed by atoms with Gasteiger partial charge >= 0.3 is 0 Å². The van der Waals surface area contributed by atoms with Crippen molar-refractivity contribution >= 4 is 70.9 Å². The molecule has 5 nitrogen and oxygen atoms in total. The fraction of sp³-hybridized carbons (Fsp3) is 0.286. The van der Waals surface area contributed by atoms with Crippen LogP contribution in [0.1, 0.15) is 18.4 Å². The average molecular weight is 443 g/mol. The summed E-state index contributed by atoms with van der Waals surface area (Å²) in [7, 11) is 0. The number of fused-ring (bicyclic) bond motifs is 2. The number of nitrogens with one attached hydrogen (secondary N) is 1. The summed E-state index contributed by atoms with van der Waals surface area (Å²) in [5, 5.41) is 5.31. The summed E-state index contributed by atoms with van der Waals surface area (Å²) in [6.45, 7) is 3.71. The molecule has 1 unspecified atom stereocenters. The van der Waals surface area contributed by atoms with Crippen LogP contribution in [0.3, 0.4) is 0 Å². The number of carbonyl (C=O) groups is 1. The van der Waals surface area contributed by atoms with Crippen LogP contribution in [0, 0.1) is 12.8 Å². The second-order valence-corrected chi connectivity index (χ2v) is 9.85. The first-order valence-corrected chi connectivity index (χ1v) is 11.6. The normalized spacial score (nSPS) is 17.2. The number of piperidine rings is 1. The van der Waals surface area contributed by atoms with Gasteiger partial charge in [-0.3, -0.25) is 4.79 Å². The average Bonchev–Trinajstić information content (AvgIpc) is 3.30. The predicted molar refractivity (Wildman–Crippen MR) is 123 cm³/mol. The van der Waals surface area contributed by atoms with Crippen LogP contribution in [0.25, 0.3) is 20.4 Å². The number of nitrogens with zero attached hydrogens (tertiary/aromatic N) is 3. The highest BCUT2D eigenvalue weighted by molar-refractivity contribution is 7.22. The number of hydrogen-bond acceptors (Lipinski definition) is 6. The highest BCUT2D eigenvalue weighted by Gasteiger charge is 2.28. The van der Waals surface area contributed by atoms with E-state index in [0.717, 1.165) is 40.3 Å². The van der Waals surface area contributed by atoms with Crippen molar-refractivity contribution in [2.24, 2.45) is 5.92 Å². The third kappa shape index (κ3) is 3.82. The number of rotatable bonds is 3. The lowest BCUT2D eigenvalue weighted by Crippen LogP contribution is -2.40. The summed E-state index contributed by atoms with van der Waals surface area (Å²) in [5.41, 5.74) is 3.11. The standard InChI is InChI=1S/C21H19ClN4OS2/c1-12-4-6-16-17(9-12)29-21(24-16)26-8-2-3-13(11-26)19(27)25-20-23-15-7-5-14(22)10-18(15)28-20/h4-7,9-10,13H,2-3,8,11H2,1H3,(H,23,25,27). The topological polar surface area (TPSA) is 58.1 Å². The first-order valence-electron chi connectivity index (χ1n) is 9.54. The third-order valence-corrected chi connectivity index (χ3v) is 7.42. The number of aromatic nitrogens is 2. The molecule has 0 radical (unpaired) electrons. The van der Waals surface area contributed by atoms with E-state index in [0.29, 0.717) is 16.7 Å². The Balaban J connectivity index is 1.31. The lowest BCUT2D eigenvalue weighted by atomic mass is 9.97. The van der Waals surface area contributed by atoms with Gasteiger partial charge in [0.2, 0.25) is 5.91 Å². The summed E-state index contributed by atoms with van der Waals surface area (Å²) in [6, 6.07) is 11.9. The molecule has 0 bridgehead atoms. The molecule has 1 amide bonds. The van der Waals surface area contributed by atoms with Crippen LogP contribution in [-0.4, -0.2) is 29.0 Å². The number of aryl methyl sites for hydroxylation is 1. The highest BCUT2D eigenvalue weighted by Crippen LogP contribution is 2.33. The van der Waals surface area contributed by atoms with Crippen molar-refractivity contribution in [3.63, 3.8) is 0 Å². The Morgan fingerprint density at radius 1 is 1.14 bits per heavy atom. The van der Waals surface area contributed by atoms with Gasteiger partial charge in [-0.15, -0.1) is 0 Å². The lowest BCUT2D eigenvalue weighted by Gasteiger charge is -2.31. The molecule has 29 heavy (non-hydrogen) atoms. The number of anilines is 2. The quantitative estimate of drug-likeness (QED) is 0.440. The van der Waals surface area contributed by atoms with Gasteiger partial charge in [0, 0.05) is 18.1 Å². The molecule has 1 fully saturated rings. The largest absolute Gasteiger partial charge is 0.347 e. The fourth-order valence-corrected chi connectivity index (χ4v) is 5.92. The third-order valence-electron chi connectivity index (χ3n) is 5.18. The molecule has 0 spiro atoms. The molecule has 1 saturated heterocycles. The molecule has 0 saturated carbocycles. The zero-order valence-corrected chi connectivity index (χ0v) is 18.2. The van der Waals surface area contributed by atoms with Gasteiger partial charge in [-0.2, -0.15) is 0 Å². The SMILES string of the molecule is Cc1ccc2nc(N3CCCC(C(=O)Nc4nc5ccc(Cl)cc5s4)C3)sc2c1. The number of hydrogen-bond donors (Lipinski definition) is 1. The van der Waals surface area contributed by atoms with Crippen molar-refractivity contribution < 1.29 is 4.79 Å². The Hall–Kier alpha value is -2.22. The molecule has 8 heteroatoms. The van der Waals surface area contributed by atoms with Gasteiger partial charge < -0.3 is 10.2 Å². The molecule has 1 N–H and O–H groups in total. The number of benzene rings is 2. The lowest BCUT2D eigenvalue weighted by molar-refractivity contribution is -0.120. The predicted octanol–water partition coefficient (Wildman–Crippen LogP) is 5.72. The Labute approximate surface area is 181 Å². The molecule has 1 aliphatic heterocycles. The Morgan fingerprint density at radius 3 is 2.83 bits per heavy atom. The number of halogens is 1. The Kier molecular flexibility index (Phi) is 4.89. The zero-order chi connectivity index (χ0) is 20.0. The van der Waals surface area contributed by atoms with E-state index < -0.39 is 0 Å². The Bertz CT molecular complexity index is 1220. The molecular weight excluding hydrogens is 424 g/mol. The van der Waals surface area contributed by atoms with Crippen molar-refractivity contribution in [2.75, 3.05) is 23.3 Å². The Morgan fingerprint density at radius 2 is 1.93 bits per heavy atom. The fourth-order valence-electron chi connectivity index (χ4n) is 3.68. The van der Waals surface area contributed by atoms with Gasteiger partial charge in [0.25, 0.3) is 0 Å². The van der Waals surface area contributed by atoms with Crippen molar-refractivity contribution in [1.29, 1.82) is 0 Å². The molecule has 1 atom stereocenters. The van der Waals surface area contributed by atoms with Crippen LogP contribution in [-0.2, 0) is 4.79 Å². The zero-order valence-electron chi connectivity index (χ0n) is 15.8. The maximum absolute atomic E-state index is 12.9. The van der Waals surface area contributed by atoms with Crippen LogP contribution in [0.5, 0.6) is 0 Å². The first-order chi connectivity index (χ1) is 14.0. The number of amides is 1. The maximum Gasteiger partial charge on any atom is 0.231 e. The van der Waals surface area contributed by atoms with Crippen molar-refractivity contribution in [3.05, 3.63) is 47.0 Å². The van der Waals surface area contributed by atoms with E-state index in [1.807, 2.05) is 18.2 Å². The van der Waals surface area contributed by atoms with Crippen LogP contribution >= 0.6 is 34.3 Å². The van der Waals surface area contributed by atoms with Gasteiger partial charge in [-0.05, 0) is 55.7 Å². The molecule has 1 aliphatic rings. The van der Waals surface area contributed by atoms with E-state index in [9.17, 15) is 4.79 Å². The molecule has 3 heterocycles. The molecule has 0 aliphatic carbocycles. The summed E-state index contributed by atoms with van der Waals surface area (Å²) >= 11 is 9.20. The van der Waals surface area contributed by atoms with E-state index in [1.165, 1.54) is 21.6 Å².